The standard InChI is InChI=1S/C13H22N2O5.ClH/c1-3-19-12(17)10(13(18)20-4-2)15-11(16)9-6-5-7-14-8-9;/h9-10,14H,3-8H2,1-2H3,(H,15,16);1H. The molecule has 0 saturated carbocycles. The van der Waals surface area contributed by atoms with Gasteiger partial charge in [-0.05, 0) is 33.2 Å². The molecule has 0 aromatic rings. The van der Waals surface area contributed by atoms with Crippen LogP contribution in [0.3, 0.4) is 0 Å². The Morgan fingerprint density at radius 3 is 2.19 bits per heavy atom. The maximum atomic E-state index is 12.1. The summed E-state index contributed by atoms with van der Waals surface area (Å²) in [5.74, 6) is -2.15. The summed E-state index contributed by atoms with van der Waals surface area (Å²) in [7, 11) is 0. The van der Waals surface area contributed by atoms with E-state index in [2.05, 4.69) is 10.6 Å². The third-order valence-electron chi connectivity index (χ3n) is 3.00. The largest absolute Gasteiger partial charge is 0.464 e. The Hall–Kier alpha value is -1.34. The zero-order chi connectivity index (χ0) is 15.0. The second-order valence-corrected chi connectivity index (χ2v) is 4.49. The van der Waals surface area contributed by atoms with E-state index in [1.54, 1.807) is 13.8 Å². The molecule has 1 fully saturated rings. The number of ether oxygens (including phenoxy) is 2. The van der Waals surface area contributed by atoms with Gasteiger partial charge >= 0.3 is 11.9 Å². The summed E-state index contributed by atoms with van der Waals surface area (Å²) < 4.78 is 9.58. The fourth-order valence-electron chi connectivity index (χ4n) is 2.00. The maximum absolute atomic E-state index is 12.1. The van der Waals surface area contributed by atoms with Crippen molar-refractivity contribution in [2.45, 2.75) is 32.7 Å². The molecule has 122 valence electrons. The van der Waals surface area contributed by atoms with Crippen LogP contribution in [-0.2, 0) is 23.9 Å². The van der Waals surface area contributed by atoms with Crippen LogP contribution < -0.4 is 10.6 Å². The topological polar surface area (TPSA) is 93.7 Å². The van der Waals surface area contributed by atoms with E-state index >= 15 is 0 Å². The lowest BCUT2D eigenvalue weighted by Crippen LogP contribution is -2.51. The molecule has 1 amide bonds. The van der Waals surface area contributed by atoms with Crippen molar-refractivity contribution >= 4 is 30.3 Å². The van der Waals surface area contributed by atoms with Gasteiger partial charge in [0.25, 0.3) is 0 Å². The Kier molecular flexibility index (Phi) is 9.73. The van der Waals surface area contributed by atoms with Crippen LogP contribution in [0, 0.1) is 5.92 Å². The number of esters is 2. The third kappa shape index (κ3) is 6.31. The normalized spacial score (nSPS) is 17.6. The maximum Gasteiger partial charge on any atom is 0.340 e. The lowest BCUT2D eigenvalue weighted by atomic mass is 9.98. The fraction of sp³-hybridized carbons (Fsp3) is 0.769. The lowest BCUT2D eigenvalue weighted by molar-refractivity contribution is -0.160. The van der Waals surface area contributed by atoms with Crippen LogP contribution in [0.1, 0.15) is 26.7 Å². The SMILES string of the molecule is CCOC(=O)C(NC(=O)C1CCCNC1)C(=O)OCC.Cl. The van der Waals surface area contributed by atoms with E-state index in [4.69, 9.17) is 9.47 Å². The first-order valence-electron chi connectivity index (χ1n) is 6.94. The summed E-state index contributed by atoms with van der Waals surface area (Å²) in [5.41, 5.74) is 0. The van der Waals surface area contributed by atoms with Crippen LogP contribution in [0.4, 0.5) is 0 Å². The molecule has 0 radical (unpaired) electrons. The van der Waals surface area contributed by atoms with Gasteiger partial charge in [0.1, 0.15) is 0 Å². The lowest BCUT2D eigenvalue weighted by Gasteiger charge is -2.24. The van der Waals surface area contributed by atoms with Gasteiger partial charge in [0.15, 0.2) is 0 Å². The van der Waals surface area contributed by atoms with E-state index in [9.17, 15) is 14.4 Å². The van der Waals surface area contributed by atoms with Gasteiger partial charge in [-0.25, -0.2) is 9.59 Å². The van der Waals surface area contributed by atoms with Crippen molar-refractivity contribution in [2.24, 2.45) is 5.92 Å². The summed E-state index contributed by atoms with van der Waals surface area (Å²) in [6, 6.07) is -1.38. The minimum Gasteiger partial charge on any atom is -0.464 e. The van der Waals surface area contributed by atoms with Crippen molar-refractivity contribution in [3.8, 4) is 0 Å². The summed E-state index contributed by atoms with van der Waals surface area (Å²) in [6.45, 7) is 4.96. The van der Waals surface area contributed by atoms with Crippen LogP contribution in [0.15, 0.2) is 0 Å². The first-order valence-corrected chi connectivity index (χ1v) is 6.94. The number of hydrogen-bond acceptors (Lipinski definition) is 6. The molecule has 0 aromatic carbocycles. The predicted molar refractivity (Wildman–Crippen MR) is 78.0 cm³/mol. The Morgan fingerprint density at radius 2 is 1.76 bits per heavy atom. The zero-order valence-electron chi connectivity index (χ0n) is 12.3. The first-order chi connectivity index (χ1) is 9.60. The average molecular weight is 323 g/mol. The number of carbonyl (C=O) groups excluding carboxylic acids is 3. The van der Waals surface area contributed by atoms with E-state index in [0.29, 0.717) is 6.54 Å². The van der Waals surface area contributed by atoms with Gasteiger partial charge in [-0.2, -0.15) is 0 Å². The molecule has 1 rings (SSSR count). The zero-order valence-corrected chi connectivity index (χ0v) is 13.2. The van der Waals surface area contributed by atoms with Crippen molar-refractivity contribution in [3.05, 3.63) is 0 Å². The molecule has 1 aliphatic heterocycles. The van der Waals surface area contributed by atoms with E-state index in [1.165, 1.54) is 0 Å². The van der Waals surface area contributed by atoms with Crippen LogP contribution in [0.25, 0.3) is 0 Å². The summed E-state index contributed by atoms with van der Waals surface area (Å²) in [5, 5.41) is 5.53. The molecule has 7 nitrogen and oxygen atoms in total. The monoisotopic (exact) mass is 322 g/mol. The highest BCUT2D eigenvalue weighted by molar-refractivity contribution is 6.02. The minimum absolute atomic E-state index is 0. The van der Waals surface area contributed by atoms with E-state index in [0.717, 1.165) is 19.4 Å². The highest BCUT2D eigenvalue weighted by Crippen LogP contribution is 2.10. The van der Waals surface area contributed by atoms with Gasteiger partial charge < -0.3 is 20.1 Å². The smallest absolute Gasteiger partial charge is 0.340 e. The highest BCUT2D eigenvalue weighted by atomic mass is 35.5. The number of carbonyl (C=O) groups is 3. The molecule has 1 aliphatic rings. The Bertz CT molecular complexity index is 340. The van der Waals surface area contributed by atoms with Crippen molar-refractivity contribution in [1.29, 1.82) is 0 Å². The first kappa shape index (κ1) is 19.7. The number of rotatable bonds is 6. The molecule has 1 saturated heterocycles. The number of halogens is 1. The van der Waals surface area contributed by atoms with Crippen LogP contribution in [0.5, 0.6) is 0 Å². The minimum atomic E-state index is -1.38. The number of hydrogen-bond donors (Lipinski definition) is 2. The molecule has 8 heteroatoms. The third-order valence-corrected chi connectivity index (χ3v) is 3.00. The van der Waals surface area contributed by atoms with Gasteiger partial charge in [-0.1, -0.05) is 0 Å². The molecule has 2 N–H and O–H groups in total. The summed E-state index contributed by atoms with van der Waals surface area (Å²) in [6.07, 6.45) is 1.62. The van der Waals surface area contributed by atoms with Gasteiger partial charge in [0, 0.05) is 6.54 Å². The Morgan fingerprint density at radius 1 is 1.19 bits per heavy atom. The van der Waals surface area contributed by atoms with Gasteiger partial charge in [-0.3, -0.25) is 4.79 Å². The van der Waals surface area contributed by atoms with Crippen LogP contribution in [0.2, 0.25) is 0 Å². The van der Waals surface area contributed by atoms with Crippen LogP contribution >= 0.6 is 12.4 Å². The molecule has 1 heterocycles. The second-order valence-electron chi connectivity index (χ2n) is 4.49. The van der Waals surface area contributed by atoms with E-state index < -0.39 is 18.0 Å². The number of amides is 1. The second kappa shape index (κ2) is 10.4. The molecule has 0 bridgehead atoms. The van der Waals surface area contributed by atoms with Crippen molar-refractivity contribution in [3.63, 3.8) is 0 Å². The summed E-state index contributed by atoms with van der Waals surface area (Å²) >= 11 is 0. The fourth-order valence-corrected chi connectivity index (χ4v) is 2.00. The Balaban J connectivity index is 0.00000400. The van der Waals surface area contributed by atoms with E-state index in [-0.39, 0.29) is 37.4 Å². The molecular formula is C13H23ClN2O5. The van der Waals surface area contributed by atoms with Crippen molar-refractivity contribution in [2.75, 3.05) is 26.3 Å². The van der Waals surface area contributed by atoms with E-state index in [1.807, 2.05) is 0 Å². The number of piperidine rings is 1. The molecule has 1 unspecified atom stereocenters. The summed E-state index contributed by atoms with van der Waals surface area (Å²) in [4.78, 5) is 35.5. The van der Waals surface area contributed by atoms with Crippen molar-refractivity contribution in [1.82, 2.24) is 10.6 Å². The molecule has 0 aliphatic carbocycles. The van der Waals surface area contributed by atoms with Crippen molar-refractivity contribution < 1.29 is 23.9 Å². The molecule has 0 spiro atoms. The molecular weight excluding hydrogens is 300 g/mol. The van der Waals surface area contributed by atoms with Crippen LogP contribution in [-0.4, -0.2) is 50.2 Å². The quantitative estimate of drug-likeness (QED) is 0.529. The molecule has 21 heavy (non-hydrogen) atoms. The Labute approximate surface area is 130 Å². The van der Waals surface area contributed by atoms with Gasteiger partial charge in [0.05, 0.1) is 19.1 Å². The van der Waals surface area contributed by atoms with Gasteiger partial charge in [0.2, 0.25) is 11.9 Å². The average Bonchev–Trinajstić information content (AvgIpc) is 2.45. The number of nitrogens with one attached hydrogen (secondary N) is 2. The van der Waals surface area contributed by atoms with Gasteiger partial charge in [-0.15, -0.1) is 12.4 Å². The molecule has 1 atom stereocenters. The highest BCUT2D eigenvalue weighted by Gasteiger charge is 2.33. The molecule has 0 aromatic heterocycles. The predicted octanol–water partition coefficient (Wildman–Crippen LogP) is 0.0188.